The molecule has 1 aromatic rings. The maximum atomic E-state index is 11.5. The molecule has 2 rings (SSSR count). The minimum absolute atomic E-state index is 0.140. The molecule has 0 saturated carbocycles. The van der Waals surface area contributed by atoms with E-state index in [0.717, 1.165) is 31.7 Å². The van der Waals surface area contributed by atoms with Crippen LogP contribution in [0.5, 0.6) is 0 Å². The minimum atomic E-state index is -3.12. The number of aromatic nitrogens is 1. The molecule has 21 heavy (non-hydrogen) atoms. The van der Waals surface area contributed by atoms with E-state index in [1.165, 1.54) is 0 Å². The Kier molecular flexibility index (Phi) is 5.96. The summed E-state index contributed by atoms with van der Waals surface area (Å²) in [6.45, 7) is 4.65. The Bertz CT molecular complexity index is 513. The monoisotopic (exact) mass is 312 g/mol. The van der Waals surface area contributed by atoms with Gasteiger partial charge in [-0.1, -0.05) is 13.0 Å². The van der Waals surface area contributed by atoms with Crippen LogP contribution in [0.1, 0.15) is 19.8 Å². The van der Waals surface area contributed by atoms with Crippen LogP contribution in [-0.4, -0.2) is 51.4 Å². The number of anilines is 1. The summed E-state index contributed by atoms with van der Waals surface area (Å²) in [5.74, 6) is 1.16. The average Bonchev–Trinajstić information content (AvgIpc) is 2.48. The second kappa shape index (κ2) is 7.72. The van der Waals surface area contributed by atoms with Crippen LogP contribution in [0.15, 0.2) is 24.4 Å². The lowest BCUT2D eigenvalue weighted by Gasteiger charge is -2.33. The second-order valence-corrected chi connectivity index (χ2v) is 7.15. The lowest BCUT2D eigenvalue weighted by atomic mass is 10.1. The van der Waals surface area contributed by atoms with Crippen LogP contribution in [0.3, 0.4) is 0 Å². The Labute approximate surface area is 127 Å². The maximum Gasteiger partial charge on any atom is 0.212 e. The van der Waals surface area contributed by atoms with E-state index in [-0.39, 0.29) is 5.75 Å². The predicted octanol–water partition coefficient (Wildman–Crippen LogP) is 0.579. The van der Waals surface area contributed by atoms with Crippen molar-refractivity contribution < 1.29 is 8.42 Å². The Hall–Kier alpha value is -1.18. The molecular formula is C14H24N4O2S. The third kappa shape index (κ3) is 5.26. The Balaban J connectivity index is 1.70. The van der Waals surface area contributed by atoms with Crippen LogP contribution in [0.25, 0.3) is 0 Å². The summed E-state index contributed by atoms with van der Waals surface area (Å²) in [4.78, 5) is 6.63. The average molecular weight is 312 g/mol. The molecule has 1 fully saturated rings. The van der Waals surface area contributed by atoms with E-state index in [9.17, 15) is 8.42 Å². The SMILES string of the molecule is CCNS(=O)(=O)CCNC1CCN(c2ccccn2)CC1. The fraction of sp³-hybridized carbons (Fsp3) is 0.643. The predicted molar refractivity (Wildman–Crippen MR) is 84.9 cm³/mol. The number of piperidine rings is 1. The number of hydrogen-bond acceptors (Lipinski definition) is 5. The number of hydrogen-bond donors (Lipinski definition) is 2. The molecule has 0 radical (unpaired) electrons. The zero-order valence-corrected chi connectivity index (χ0v) is 13.3. The molecule has 0 atom stereocenters. The molecule has 0 unspecified atom stereocenters. The lowest BCUT2D eigenvalue weighted by Crippen LogP contribution is -2.44. The molecule has 7 heteroatoms. The van der Waals surface area contributed by atoms with Crippen LogP contribution < -0.4 is 14.9 Å². The van der Waals surface area contributed by atoms with E-state index >= 15 is 0 Å². The van der Waals surface area contributed by atoms with Gasteiger partial charge in [0, 0.05) is 38.4 Å². The van der Waals surface area contributed by atoms with Crippen LogP contribution in [-0.2, 0) is 10.0 Å². The summed E-state index contributed by atoms with van der Waals surface area (Å²) in [6, 6.07) is 6.33. The number of rotatable bonds is 7. The molecular weight excluding hydrogens is 288 g/mol. The van der Waals surface area contributed by atoms with E-state index < -0.39 is 10.0 Å². The van der Waals surface area contributed by atoms with Crippen molar-refractivity contribution in [2.45, 2.75) is 25.8 Å². The van der Waals surface area contributed by atoms with Gasteiger partial charge in [0.1, 0.15) is 5.82 Å². The van der Waals surface area contributed by atoms with Gasteiger partial charge in [0.2, 0.25) is 10.0 Å². The first kappa shape index (κ1) is 16.2. The molecule has 1 saturated heterocycles. The van der Waals surface area contributed by atoms with Gasteiger partial charge < -0.3 is 10.2 Å². The molecule has 0 spiro atoms. The number of sulfonamides is 1. The summed E-state index contributed by atoms with van der Waals surface area (Å²) in [6.07, 6.45) is 3.83. The van der Waals surface area contributed by atoms with Gasteiger partial charge in [-0.2, -0.15) is 0 Å². The smallest absolute Gasteiger partial charge is 0.212 e. The van der Waals surface area contributed by atoms with Crippen molar-refractivity contribution in [3.8, 4) is 0 Å². The van der Waals surface area contributed by atoms with Crippen molar-refractivity contribution in [3.05, 3.63) is 24.4 Å². The largest absolute Gasteiger partial charge is 0.357 e. The zero-order valence-electron chi connectivity index (χ0n) is 12.5. The first-order valence-corrected chi connectivity index (χ1v) is 9.12. The van der Waals surface area contributed by atoms with E-state index in [1.54, 1.807) is 6.92 Å². The Morgan fingerprint density at radius 2 is 2.10 bits per heavy atom. The molecule has 0 aromatic carbocycles. The molecule has 118 valence electrons. The third-order valence-electron chi connectivity index (χ3n) is 3.64. The van der Waals surface area contributed by atoms with Gasteiger partial charge in [-0.25, -0.2) is 18.1 Å². The molecule has 1 aliphatic heterocycles. The van der Waals surface area contributed by atoms with E-state index in [2.05, 4.69) is 19.9 Å². The summed E-state index contributed by atoms with van der Waals surface area (Å²) in [5, 5.41) is 3.34. The summed E-state index contributed by atoms with van der Waals surface area (Å²) in [5.41, 5.74) is 0. The number of nitrogens with zero attached hydrogens (tertiary/aromatic N) is 2. The highest BCUT2D eigenvalue weighted by Crippen LogP contribution is 2.16. The van der Waals surface area contributed by atoms with Gasteiger partial charge >= 0.3 is 0 Å². The topological polar surface area (TPSA) is 74.3 Å². The van der Waals surface area contributed by atoms with Crippen molar-refractivity contribution in [2.24, 2.45) is 0 Å². The second-order valence-electron chi connectivity index (χ2n) is 5.22. The molecule has 0 bridgehead atoms. The van der Waals surface area contributed by atoms with E-state index in [0.29, 0.717) is 19.1 Å². The number of nitrogens with one attached hydrogen (secondary N) is 2. The van der Waals surface area contributed by atoms with E-state index in [1.807, 2.05) is 24.4 Å². The van der Waals surface area contributed by atoms with Gasteiger partial charge in [0.05, 0.1) is 5.75 Å². The van der Waals surface area contributed by atoms with E-state index in [4.69, 9.17) is 0 Å². The highest BCUT2D eigenvalue weighted by atomic mass is 32.2. The van der Waals surface area contributed by atoms with Crippen molar-refractivity contribution in [2.75, 3.05) is 36.8 Å². The molecule has 2 heterocycles. The molecule has 0 aliphatic carbocycles. The normalized spacial score (nSPS) is 17.1. The summed E-state index contributed by atoms with van der Waals surface area (Å²) >= 11 is 0. The standard InChI is InChI=1S/C14H24N4O2S/c1-2-17-21(19,20)12-9-15-13-6-10-18(11-7-13)14-5-3-4-8-16-14/h3-5,8,13,15,17H,2,6-7,9-12H2,1H3. The first-order chi connectivity index (χ1) is 10.1. The summed E-state index contributed by atoms with van der Waals surface area (Å²) < 4.78 is 25.6. The van der Waals surface area contributed by atoms with Crippen LogP contribution in [0, 0.1) is 0 Å². The molecule has 0 amide bonds. The maximum absolute atomic E-state index is 11.5. The van der Waals surface area contributed by atoms with Gasteiger partial charge in [-0.15, -0.1) is 0 Å². The molecule has 2 N–H and O–H groups in total. The van der Waals surface area contributed by atoms with Crippen molar-refractivity contribution in [1.29, 1.82) is 0 Å². The fourth-order valence-corrected chi connectivity index (χ4v) is 3.51. The highest BCUT2D eigenvalue weighted by Gasteiger charge is 2.20. The van der Waals surface area contributed by atoms with Crippen LogP contribution in [0.4, 0.5) is 5.82 Å². The van der Waals surface area contributed by atoms with Crippen molar-refractivity contribution in [3.63, 3.8) is 0 Å². The van der Waals surface area contributed by atoms with Gasteiger partial charge in [0.25, 0.3) is 0 Å². The highest BCUT2D eigenvalue weighted by molar-refractivity contribution is 7.89. The van der Waals surface area contributed by atoms with Gasteiger partial charge in [0.15, 0.2) is 0 Å². The minimum Gasteiger partial charge on any atom is -0.357 e. The Morgan fingerprint density at radius 1 is 1.33 bits per heavy atom. The zero-order chi connectivity index (χ0) is 15.1. The van der Waals surface area contributed by atoms with Crippen molar-refractivity contribution in [1.82, 2.24) is 15.0 Å². The Morgan fingerprint density at radius 3 is 2.71 bits per heavy atom. The molecule has 1 aromatic heterocycles. The van der Waals surface area contributed by atoms with Gasteiger partial charge in [-0.3, -0.25) is 0 Å². The molecule has 1 aliphatic rings. The number of pyridine rings is 1. The fourth-order valence-electron chi connectivity index (χ4n) is 2.54. The molecule has 6 nitrogen and oxygen atoms in total. The quantitative estimate of drug-likeness (QED) is 0.770. The van der Waals surface area contributed by atoms with Crippen molar-refractivity contribution >= 4 is 15.8 Å². The van der Waals surface area contributed by atoms with Crippen LogP contribution in [0.2, 0.25) is 0 Å². The van der Waals surface area contributed by atoms with Crippen LogP contribution >= 0.6 is 0 Å². The summed E-state index contributed by atoms with van der Waals surface area (Å²) in [7, 11) is -3.12. The first-order valence-electron chi connectivity index (χ1n) is 7.47. The third-order valence-corrected chi connectivity index (χ3v) is 5.11. The van der Waals surface area contributed by atoms with Gasteiger partial charge in [-0.05, 0) is 25.0 Å². The lowest BCUT2D eigenvalue weighted by molar-refractivity contribution is 0.422.